The maximum atomic E-state index is 5.24. The standard InChI is InChI=1S/C15H24BrNO/c1-5-15(6-2,7-3)17-11-12-8-9-14(18-4)13(16)10-12/h8-10,17H,5-7,11H2,1-4H3. The Bertz CT molecular complexity index is 366. The summed E-state index contributed by atoms with van der Waals surface area (Å²) in [6, 6.07) is 6.24. The van der Waals surface area contributed by atoms with Gasteiger partial charge in [-0.2, -0.15) is 0 Å². The highest BCUT2D eigenvalue weighted by molar-refractivity contribution is 9.10. The molecule has 0 saturated heterocycles. The molecule has 0 atom stereocenters. The van der Waals surface area contributed by atoms with Gasteiger partial charge in [0.05, 0.1) is 11.6 Å². The monoisotopic (exact) mass is 313 g/mol. The Morgan fingerprint density at radius 3 is 2.22 bits per heavy atom. The third-order valence-corrected chi connectivity index (χ3v) is 4.53. The topological polar surface area (TPSA) is 21.3 Å². The highest BCUT2D eigenvalue weighted by Crippen LogP contribution is 2.26. The van der Waals surface area contributed by atoms with Crippen molar-refractivity contribution in [1.82, 2.24) is 5.32 Å². The molecule has 0 aliphatic carbocycles. The molecule has 0 saturated carbocycles. The van der Waals surface area contributed by atoms with E-state index in [1.165, 1.54) is 5.56 Å². The van der Waals surface area contributed by atoms with Gasteiger partial charge < -0.3 is 10.1 Å². The molecule has 1 aromatic rings. The van der Waals surface area contributed by atoms with Crippen LogP contribution in [0.25, 0.3) is 0 Å². The zero-order valence-corrected chi connectivity index (χ0v) is 13.4. The van der Waals surface area contributed by atoms with Crippen LogP contribution in [-0.4, -0.2) is 12.6 Å². The smallest absolute Gasteiger partial charge is 0.133 e. The van der Waals surface area contributed by atoms with Crippen LogP contribution in [0.3, 0.4) is 0 Å². The molecule has 0 aliphatic heterocycles. The van der Waals surface area contributed by atoms with Gasteiger partial charge in [-0.05, 0) is 52.9 Å². The van der Waals surface area contributed by atoms with Crippen LogP contribution in [0.2, 0.25) is 0 Å². The average Bonchev–Trinajstić information content (AvgIpc) is 2.41. The van der Waals surface area contributed by atoms with Gasteiger partial charge in [-0.3, -0.25) is 0 Å². The van der Waals surface area contributed by atoms with Crippen molar-refractivity contribution in [1.29, 1.82) is 0 Å². The van der Waals surface area contributed by atoms with E-state index in [-0.39, 0.29) is 5.54 Å². The van der Waals surface area contributed by atoms with Crippen LogP contribution >= 0.6 is 15.9 Å². The zero-order chi connectivity index (χ0) is 13.6. The molecule has 0 heterocycles. The summed E-state index contributed by atoms with van der Waals surface area (Å²) in [5.41, 5.74) is 1.55. The number of nitrogens with one attached hydrogen (secondary N) is 1. The van der Waals surface area contributed by atoms with Crippen LogP contribution in [0.4, 0.5) is 0 Å². The molecule has 1 N–H and O–H groups in total. The lowest BCUT2D eigenvalue weighted by Crippen LogP contribution is -2.43. The molecular formula is C15H24BrNO. The van der Waals surface area contributed by atoms with Gasteiger partial charge in [0.2, 0.25) is 0 Å². The van der Waals surface area contributed by atoms with E-state index in [0.717, 1.165) is 36.0 Å². The van der Waals surface area contributed by atoms with E-state index in [2.05, 4.69) is 54.2 Å². The largest absolute Gasteiger partial charge is 0.496 e. The molecule has 0 unspecified atom stereocenters. The summed E-state index contributed by atoms with van der Waals surface area (Å²) in [4.78, 5) is 0. The molecule has 1 rings (SSSR count). The van der Waals surface area contributed by atoms with E-state index in [9.17, 15) is 0 Å². The molecule has 18 heavy (non-hydrogen) atoms. The second kappa shape index (κ2) is 7.15. The number of rotatable bonds is 7. The van der Waals surface area contributed by atoms with Gasteiger partial charge in [0.15, 0.2) is 0 Å². The van der Waals surface area contributed by atoms with Gasteiger partial charge in [0.25, 0.3) is 0 Å². The second-order valence-corrected chi connectivity index (χ2v) is 5.52. The quantitative estimate of drug-likeness (QED) is 0.799. The predicted octanol–water partition coefficient (Wildman–Crippen LogP) is 4.52. The van der Waals surface area contributed by atoms with E-state index in [1.807, 2.05) is 6.07 Å². The molecule has 2 nitrogen and oxygen atoms in total. The lowest BCUT2D eigenvalue weighted by atomic mass is 9.89. The molecule has 0 radical (unpaired) electrons. The third-order valence-electron chi connectivity index (χ3n) is 3.91. The van der Waals surface area contributed by atoms with Crippen molar-refractivity contribution < 1.29 is 4.74 Å². The van der Waals surface area contributed by atoms with Crippen LogP contribution in [0.15, 0.2) is 22.7 Å². The van der Waals surface area contributed by atoms with Gasteiger partial charge >= 0.3 is 0 Å². The minimum absolute atomic E-state index is 0.270. The van der Waals surface area contributed by atoms with E-state index < -0.39 is 0 Å². The zero-order valence-electron chi connectivity index (χ0n) is 11.8. The number of methoxy groups -OCH3 is 1. The molecule has 0 spiro atoms. The molecule has 0 bridgehead atoms. The molecular weight excluding hydrogens is 290 g/mol. The van der Waals surface area contributed by atoms with Gasteiger partial charge in [-0.15, -0.1) is 0 Å². The SMILES string of the molecule is CCC(CC)(CC)NCc1ccc(OC)c(Br)c1. The minimum atomic E-state index is 0.270. The maximum absolute atomic E-state index is 5.24. The first kappa shape index (κ1) is 15.5. The minimum Gasteiger partial charge on any atom is -0.496 e. The Kier molecular flexibility index (Phi) is 6.16. The summed E-state index contributed by atoms with van der Waals surface area (Å²) < 4.78 is 6.25. The first-order chi connectivity index (χ1) is 8.60. The second-order valence-electron chi connectivity index (χ2n) is 4.66. The van der Waals surface area contributed by atoms with Crippen molar-refractivity contribution in [3.05, 3.63) is 28.2 Å². The molecule has 3 heteroatoms. The fourth-order valence-corrected chi connectivity index (χ4v) is 2.82. The summed E-state index contributed by atoms with van der Waals surface area (Å²) in [7, 11) is 1.69. The van der Waals surface area contributed by atoms with Crippen LogP contribution in [0.1, 0.15) is 45.6 Å². The van der Waals surface area contributed by atoms with Crippen LogP contribution < -0.4 is 10.1 Å². The summed E-state index contributed by atoms with van der Waals surface area (Å²) in [5.74, 6) is 0.881. The molecule has 1 aromatic carbocycles. The average molecular weight is 314 g/mol. The van der Waals surface area contributed by atoms with E-state index in [4.69, 9.17) is 4.74 Å². The Labute approximate surface area is 119 Å². The first-order valence-electron chi connectivity index (χ1n) is 6.68. The highest BCUT2D eigenvalue weighted by Gasteiger charge is 2.22. The lowest BCUT2D eigenvalue weighted by molar-refractivity contribution is 0.288. The normalized spacial score (nSPS) is 11.6. The van der Waals surface area contributed by atoms with Crippen molar-refractivity contribution >= 4 is 15.9 Å². The lowest BCUT2D eigenvalue weighted by Gasteiger charge is -2.32. The molecule has 0 aliphatic rings. The maximum Gasteiger partial charge on any atom is 0.133 e. The molecule has 102 valence electrons. The Morgan fingerprint density at radius 1 is 1.17 bits per heavy atom. The first-order valence-corrected chi connectivity index (χ1v) is 7.47. The van der Waals surface area contributed by atoms with E-state index in [0.29, 0.717) is 0 Å². The van der Waals surface area contributed by atoms with Crippen LogP contribution in [0, 0.1) is 0 Å². The summed E-state index contributed by atoms with van der Waals surface area (Å²) in [6.45, 7) is 7.66. The van der Waals surface area contributed by atoms with Crippen molar-refractivity contribution in [2.45, 2.75) is 52.1 Å². The Hall–Kier alpha value is -0.540. The number of hydrogen-bond donors (Lipinski definition) is 1. The van der Waals surface area contributed by atoms with E-state index >= 15 is 0 Å². The number of hydrogen-bond acceptors (Lipinski definition) is 2. The summed E-state index contributed by atoms with van der Waals surface area (Å²) in [5, 5.41) is 3.70. The van der Waals surface area contributed by atoms with Crippen LogP contribution in [-0.2, 0) is 6.54 Å². The fourth-order valence-electron chi connectivity index (χ4n) is 2.23. The Morgan fingerprint density at radius 2 is 1.78 bits per heavy atom. The number of ether oxygens (including phenoxy) is 1. The van der Waals surface area contributed by atoms with E-state index in [1.54, 1.807) is 7.11 Å². The predicted molar refractivity (Wildman–Crippen MR) is 81.1 cm³/mol. The number of halogens is 1. The van der Waals surface area contributed by atoms with Gasteiger partial charge in [0.1, 0.15) is 5.75 Å². The van der Waals surface area contributed by atoms with Crippen LogP contribution in [0.5, 0.6) is 5.75 Å². The third kappa shape index (κ3) is 3.72. The molecule has 0 fully saturated rings. The highest BCUT2D eigenvalue weighted by atomic mass is 79.9. The van der Waals surface area contributed by atoms with Crippen molar-refractivity contribution in [3.8, 4) is 5.75 Å². The van der Waals surface area contributed by atoms with Crippen molar-refractivity contribution in [3.63, 3.8) is 0 Å². The van der Waals surface area contributed by atoms with Gasteiger partial charge in [-0.1, -0.05) is 26.8 Å². The van der Waals surface area contributed by atoms with Gasteiger partial charge in [0, 0.05) is 12.1 Å². The fraction of sp³-hybridized carbons (Fsp3) is 0.600. The van der Waals surface area contributed by atoms with Crippen molar-refractivity contribution in [2.75, 3.05) is 7.11 Å². The Balaban J connectivity index is 2.71. The van der Waals surface area contributed by atoms with Gasteiger partial charge in [-0.25, -0.2) is 0 Å². The molecule has 0 aromatic heterocycles. The summed E-state index contributed by atoms with van der Waals surface area (Å²) in [6.07, 6.45) is 3.49. The summed E-state index contributed by atoms with van der Waals surface area (Å²) >= 11 is 3.53. The molecule has 0 amide bonds. The number of benzene rings is 1. The van der Waals surface area contributed by atoms with Crippen molar-refractivity contribution in [2.24, 2.45) is 0 Å².